The molecule has 0 spiro atoms. The average molecular weight is 326 g/mol. The van der Waals surface area contributed by atoms with E-state index in [1.165, 1.54) is 20.6 Å². The summed E-state index contributed by atoms with van der Waals surface area (Å²) in [6.07, 6.45) is 5.14. The number of ketones is 1. The van der Waals surface area contributed by atoms with Crippen LogP contribution in [0, 0.1) is 5.92 Å². The summed E-state index contributed by atoms with van der Waals surface area (Å²) >= 11 is 0. The maximum atomic E-state index is 12.6. The SMILES string of the molecule is CNS(=O)(=O)Nc1cc(C(=O)C2CCCCC2)ccc1OC. The summed E-state index contributed by atoms with van der Waals surface area (Å²) in [4.78, 5) is 12.6. The first kappa shape index (κ1) is 16.8. The van der Waals surface area contributed by atoms with Crippen LogP contribution in [0.3, 0.4) is 0 Å². The van der Waals surface area contributed by atoms with Crippen molar-refractivity contribution in [2.24, 2.45) is 5.92 Å². The minimum Gasteiger partial charge on any atom is -0.495 e. The number of Topliss-reactive ketones (excluding diaryl/α,β-unsaturated/α-hetero) is 1. The van der Waals surface area contributed by atoms with E-state index < -0.39 is 10.2 Å². The molecule has 0 saturated heterocycles. The van der Waals surface area contributed by atoms with Gasteiger partial charge in [-0.15, -0.1) is 0 Å². The van der Waals surface area contributed by atoms with Gasteiger partial charge in [0.1, 0.15) is 5.75 Å². The Morgan fingerprint density at radius 1 is 1.23 bits per heavy atom. The number of nitrogens with one attached hydrogen (secondary N) is 2. The molecule has 2 N–H and O–H groups in total. The molecule has 6 nitrogen and oxygen atoms in total. The average Bonchev–Trinajstić information content (AvgIpc) is 2.54. The van der Waals surface area contributed by atoms with E-state index in [9.17, 15) is 13.2 Å². The number of hydrogen-bond acceptors (Lipinski definition) is 4. The topological polar surface area (TPSA) is 84.5 Å². The minimum atomic E-state index is -3.66. The van der Waals surface area contributed by atoms with Crippen LogP contribution in [0.25, 0.3) is 0 Å². The molecule has 22 heavy (non-hydrogen) atoms. The molecular formula is C15H22N2O4S. The number of methoxy groups -OCH3 is 1. The van der Waals surface area contributed by atoms with E-state index in [1.807, 2.05) is 0 Å². The van der Waals surface area contributed by atoms with Crippen LogP contribution in [-0.2, 0) is 10.2 Å². The zero-order valence-electron chi connectivity index (χ0n) is 12.9. The molecular weight excluding hydrogens is 304 g/mol. The quantitative estimate of drug-likeness (QED) is 0.786. The molecule has 1 saturated carbocycles. The smallest absolute Gasteiger partial charge is 0.298 e. The molecule has 0 aliphatic heterocycles. The summed E-state index contributed by atoms with van der Waals surface area (Å²) in [5, 5.41) is 0. The maximum absolute atomic E-state index is 12.6. The van der Waals surface area contributed by atoms with Crippen molar-refractivity contribution in [3.05, 3.63) is 23.8 Å². The lowest BCUT2D eigenvalue weighted by Gasteiger charge is -2.21. The lowest BCUT2D eigenvalue weighted by atomic mass is 9.84. The van der Waals surface area contributed by atoms with E-state index in [1.54, 1.807) is 18.2 Å². The van der Waals surface area contributed by atoms with E-state index in [0.29, 0.717) is 11.3 Å². The van der Waals surface area contributed by atoms with E-state index in [-0.39, 0.29) is 17.4 Å². The first-order valence-corrected chi connectivity index (χ1v) is 8.88. The third-order valence-electron chi connectivity index (χ3n) is 3.97. The number of ether oxygens (including phenoxy) is 1. The van der Waals surface area contributed by atoms with Crippen molar-refractivity contribution < 1.29 is 17.9 Å². The van der Waals surface area contributed by atoms with Gasteiger partial charge in [-0.1, -0.05) is 19.3 Å². The molecule has 0 unspecified atom stereocenters. The lowest BCUT2D eigenvalue weighted by molar-refractivity contribution is 0.0889. The van der Waals surface area contributed by atoms with Gasteiger partial charge in [0.15, 0.2) is 5.78 Å². The summed E-state index contributed by atoms with van der Waals surface area (Å²) in [6, 6.07) is 4.85. The molecule has 1 fully saturated rings. The third kappa shape index (κ3) is 3.98. The lowest BCUT2D eigenvalue weighted by Crippen LogP contribution is -2.27. The van der Waals surface area contributed by atoms with E-state index >= 15 is 0 Å². The molecule has 0 amide bonds. The highest BCUT2D eigenvalue weighted by molar-refractivity contribution is 7.90. The fourth-order valence-corrected chi connectivity index (χ4v) is 3.29. The number of benzene rings is 1. The van der Waals surface area contributed by atoms with Crippen LogP contribution in [-0.4, -0.2) is 28.4 Å². The molecule has 0 heterocycles. The second-order valence-corrected chi connectivity index (χ2v) is 7.04. The number of anilines is 1. The molecule has 7 heteroatoms. The Morgan fingerprint density at radius 2 is 1.91 bits per heavy atom. The maximum Gasteiger partial charge on any atom is 0.298 e. The largest absolute Gasteiger partial charge is 0.495 e. The highest BCUT2D eigenvalue weighted by atomic mass is 32.2. The van der Waals surface area contributed by atoms with Crippen LogP contribution in [0.4, 0.5) is 5.69 Å². The summed E-state index contributed by atoms with van der Waals surface area (Å²) in [6.45, 7) is 0. The molecule has 0 radical (unpaired) electrons. The van der Waals surface area contributed by atoms with Crippen LogP contribution >= 0.6 is 0 Å². The van der Waals surface area contributed by atoms with Gasteiger partial charge < -0.3 is 4.74 Å². The molecule has 122 valence electrons. The van der Waals surface area contributed by atoms with Crippen molar-refractivity contribution in [2.45, 2.75) is 32.1 Å². The predicted octanol–water partition coefficient (Wildman–Crippen LogP) is 2.33. The Bertz CT molecular complexity index is 637. The van der Waals surface area contributed by atoms with Gasteiger partial charge in [0.25, 0.3) is 10.2 Å². The van der Waals surface area contributed by atoms with Gasteiger partial charge in [-0.05, 0) is 31.0 Å². The number of carbonyl (C=O) groups excluding carboxylic acids is 1. The Labute approximate surface area is 131 Å². The van der Waals surface area contributed by atoms with Crippen LogP contribution in [0.2, 0.25) is 0 Å². The van der Waals surface area contributed by atoms with Gasteiger partial charge in [0, 0.05) is 18.5 Å². The van der Waals surface area contributed by atoms with Crippen molar-refractivity contribution in [3.8, 4) is 5.75 Å². The minimum absolute atomic E-state index is 0.0379. The fourth-order valence-electron chi connectivity index (χ4n) is 2.74. The summed E-state index contributed by atoms with van der Waals surface area (Å²) in [7, 11) is -0.899. The van der Waals surface area contributed by atoms with Crippen molar-refractivity contribution in [3.63, 3.8) is 0 Å². The van der Waals surface area contributed by atoms with Crippen molar-refractivity contribution in [1.29, 1.82) is 0 Å². The highest BCUT2D eigenvalue weighted by Gasteiger charge is 2.23. The first-order chi connectivity index (χ1) is 10.5. The van der Waals surface area contributed by atoms with Gasteiger partial charge in [0.05, 0.1) is 12.8 Å². The standard InChI is InChI=1S/C15H22N2O4S/c1-16-22(19,20)17-13-10-12(8-9-14(13)21-2)15(18)11-6-4-3-5-7-11/h8-11,16-17H,3-7H2,1-2H3. The highest BCUT2D eigenvalue weighted by Crippen LogP contribution is 2.31. The van der Waals surface area contributed by atoms with Gasteiger partial charge >= 0.3 is 0 Å². The Kier molecular flexibility index (Phi) is 5.42. The van der Waals surface area contributed by atoms with Crippen LogP contribution in [0.1, 0.15) is 42.5 Å². The molecule has 0 bridgehead atoms. The van der Waals surface area contributed by atoms with Crippen LogP contribution in [0.5, 0.6) is 5.75 Å². The zero-order chi connectivity index (χ0) is 16.2. The van der Waals surface area contributed by atoms with Gasteiger partial charge in [-0.2, -0.15) is 8.42 Å². The zero-order valence-corrected chi connectivity index (χ0v) is 13.7. The summed E-state index contributed by atoms with van der Waals surface area (Å²) in [5.41, 5.74) is 0.778. The monoisotopic (exact) mass is 326 g/mol. The number of hydrogen-bond donors (Lipinski definition) is 2. The second-order valence-electron chi connectivity index (χ2n) is 5.42. The third-order valence-corrected chi connectivity index (χ3v) is 5.00. The van der Waals surface area contributed by atoms with Crippen LogP contribution < -0.4 is 14.2 Å². The normalized spacial score (nSPS) is 16.3. The van der Waals surface area contributed by atoms with Crippen molar-refractivity contribution in [2.75, 3.05) is 18.9 Å². The van der Waals surface area contributed by atoms with E-state index in [2.05, 4.69) is 9.44 Å². The predicted molar refractivity (Wildman–Crippen MR) is 85.5 cm³/mol. The molecule has 1 aliphatic rings. The molecule has 0 aromatic heterocycles. The van der Waals surface area contributed by atoms with Gasteiger partial charge in [0.2, 0.25) is 0 Å². The van der Waals surface area contributed by atoms with Crippen molar-refractivity contribution in [1.82, 2.24) is 4.72 Å². The number of rotatable bonds is 6. The first-order valence-electron chi connectivity index (χ1n) is 7.40. The van der Waals surface area contributed by atoms with Gasteiger partial charge in [-0.25, -0.2) is 4.72 Å². The summed E-state index contributed by atoms with van der Waals surface area (Å²) in [5.74, 6) is 0.488. The second kappa shape index (κ2) is 7.11. The number of carbonyl (C=O) groups is 1. The Morgan fingerprint density at radius 3 is 2.50 bits per heavy atom. The Balaban J connectivity index is 2.28. The molecule has 2 rings (SSSR count). The molecule has 1 aromatic rings. The molecule has 0 atom stereocenters. The van der Waals surface area contributed by atoms with Crippen LogP contribution in [0.15, 0.2) is 18.2 Å². The van der Waals surface area contributed by atoms with Crippen molar-refractivity contribution >= 4 is 21.7 Å². The molecule has 1 aromatic carbocycles. The molecule has 1 aliphatic carbocycles. The fraction of sp³-hybridized carbons (Fsp3) is 0.533. The van der Waals surface area contributed by atoms with Gasteiger partial charge in [-0.3, -0.25) is 9.52 Å². The van der Waals surface area contributed by atoms with E-state index in [0.717, 1.165) is 25.7 Å². The van der Waals surface area contributed by atoms with E-state index in [4.69, 9.17) is 4.74 Å². The Hall–Kier alpha value is -1.60. The summed E-state index contributed by atoms with van der Waals surface area (Å²) < 4.78 is 33.0.